The Morgan fingerprint density at radius 1 is 0.630 bits per heavy atom. The molecule has 3 nitrogen and oxygen atoms in total. The lowest BCUT2D eigenvalue weighted by Gasteiger charge is -2.04. The van der Waals surface area contributed by atoms with Crippen LogP contribution < -0.4 is 5.73 Å². The number of Topliss-reactive ketones (excluding diaryl/α,β-unsaturated/α-hetero) is 1. The largest absolute Gasteiger partial charge is 0.399 e. The molecule has 3 heteroatoms. The van der Waals surface area contributed by atoms with E-state index < -0.39 is 0 Å². The molecular weight excluding hydrogens is 334 g/mol. The molecule has 3 N–H and O–H groups in total. The number of benzene rings is 1. The van der Waals surface area contributed by atoms with Gasteiger partial charge in [-0.1, -0.05) is 83.5 Å². The van der Waals surface area contributed by atoms with E-state index in [0.29, 0.717) is 18.7 Å². The van der Waals surface area contributed by atoms with Crippen LogP contribution in [0, 0.1) is 0 Å². The van der Waals surface area contributed by atoms with Gasteiger partial charge in [0.1, 0.15) is 0 Å². The summed E-state index contributed by atoms with van der Waals surface area (Å²) in [5.41, 5.74) is 7.14. The maximum Gasteiger partial charge on any atom is 0.162 e. The fourth-order valence-electron chi connectivity index (χ4n) is 3.51. The first kappa shape index (κ1) is 23.7. The second kappa shape index (κ2) is 16.8. The first-order chi connectivity index (χ1) is 13.2. The van der Waals surface area contributed by atoms with Crippen LogP contribution in [0.5, 0.6) is 0 Å². The Balaban J connectivity index is 1.80. The number of carbonyl (C=O) groups excluding carboxylic acids is 1. The molecule has 0 aromatic heterocycles. The minimum Gasteiger partial charge on any atom is -0.399 e. The fraction of sp³-hybridized carbons (Fsp3) is 0.708. The van der Waals surface area contributed by atoms with Crippen LogP contribution in [-0.2, 0) is 0 Å². The van der Waals surface area contributed by atoms with E-state index in [1.807, 2.05) is 12.1 Å². The summed E-state index contributed by atoms with van der Waals surface area (Å²) < 4.78 is 0. The molecule has 0 fully saturated rings. The quantitative estimate of drug-likeness (QED) is 0.171. The van der Waals surface area contributed by atoms with Gasteiger partial charge in [0, 0.05) is 24.3 Å². The van der Waals surface area contributed by atoms with Crippen LogP contribution in [0.1, 0.15) is 113 Å². The molecule has 0 unspecified atom stereocenters. The van der Waals surface area contributed by atoms with Crippen molar-refractivity contribution in [3.05, 3.63) is 29.8 Å². The zero-order valence-electron chi connectivity index (χ0n) is 17.3. The number of nitrogens with two attached hydrogens (primary N) is 1. The molecule has 1 rings (SSSR count). The normalized spacial score (nSPS) is 11.0. The Kier molecular flexibility index (Phi) is 14.7. The third kappa shape index (κ3) is 13.5. The number of unbranched alkanes of at least 4 members (excludes halogenated alkanes) is 14. The molecule has 0 saturated heterocycles. The minimum absolute atomic E-state index is 0.239. The summed E-state index contributed by atoms with van der Waals surface area (Å²) in [4.78, 5) is 12.1. The topological polar surface area (TPSA) is 63.3 Å². The van der Waals surface area contributed by atoms with Gasteiger partial charge in [-0.25, -0.2) is 0 Å². The van der Waals surface area contributed by atoms with E-state index in [4.69, 9.17) is 10.8 Å². The minimum atomic E-state index is 0.239. The summed E-state index contributed by atoms with van der Waals surface area (Å²) in [6.45, 7) is 0.349. The van der Waals surface area contributed by atoms with Crippen LogP contribution in [0.25, 0.3) is 0 Å². The maximum absolute atomic E-state index is 12.1. The van der Waals surface area contributed by atoms with Crippen LogP contribution in [0.4, 0.5) is 5.69 Å². The van der Waals surface area contributed by atoms with Crippen LogP contribution in [-0.4, -0.2) is 17.5 Å². The molecule has 0 bridgehead atoms. The standard InChI is InChI=1S/C24H41NO2/c25-23-19-17-22(18-20-23)24(27)16-14-12-10-8-6-4-2-1-3-5-7-9-11-13-15-21-26/h17-20,26H,1-16,21,25H2. The molecule has 1 aromatic rings. The SMILES string of the molecule is Nc1ccc(C(=O)CCCCCCCCCCCCCCCCCO)cc1. The van der Waals surface area contributed by atoms with Gasteiger partial charge in [0.05, 0.1) is 0 Å². The zero-order valence-corrected chi connectivity index (χ0v) is 17.3. The van der Waals surface area contributed by atoms with Gasteiger partial charge in [-0.2, -0.15) is 0 Å². The van der Waals surface area contributed by atoms with E-state index >= 15 is 0 Å². The molecule has 0 atom stereocenters. The van der Waals surface area contributed by atoms with Gasteiger partial charge in [-0.05, 0) is 37.1 Å². The van der Waals surface area contributed by atoms with E-state index in [1.165, 1.54) is 77.0 Å². The Morgan fingerprint density at radius 3 is 1.41 bits per heavy atom. The van der Waals surface area contributed by atoms with E-state index in [2.05, 4.69) is 0 Å². The highest BCUT2D eigenvalue weighted by Gasteiger charge is 2.04. The van der Waals surface area contributed by atoms with Gasteiger partial charge in [0.2, 0.25) is 0 Å². The number of aliphatic hydroxyl groups is 1. The van der Waals surface area contributed by atoms with Gasteiger partial charge in [0.15, 0.2) is 5.78 Å². The molecule has 0 heterocycles. The number of ketones is 1. The molecular formula is C24H41NO2. The average molecular weight is 376 g/mol. The van der Waals surface area contributed by atoms with Crippen molar-refractivity contribution in [2.75, 3.05) is 12.3 Å². The van der Waals surface area contributed by atoms with Gasteiger partial charge < -0.3 is 10.8 Å². The summed E-state index contributed by atoms with van der Waals surface area (Å²) in [6, 6.07) is 7.25. The van der Waals surface area contributed by atoms with E-state index in [9.17, 15) is 4.79 Å². The smallest absolute Gasteiger partial charge is 0.162 e. The number of carbonyl (C=O) groups is 1. The Morgan fingerprint density at radius 2 is 1.00 bits per heavy atom. The Hall–Kier alpha value is -1.35. The van der Waals surface area contributed by atoms with Gasteiger partial charge in [0.25, 0.3) is 0 Å². The van der Waals surface area contributed by atoms with Crippen molar-refractivity contribution in [1.29, 1.82) is 0 Å². The first-order valence-corrected chi connectivity index (χ1v) is 11.2. The lowest BCUT2D eigenvalue weighted by Crippen LogP contribution is -1.99. The third-order valence-electron chi connectivity index (χ3n) is 5.29. The molecule has 27 heavy (non-hydrogen) atoms. The molecule has 0 aliphatic rings. The lowest BCUT2D eigenvalue weighted by molar-refractivity contribution is 0.0979. The van der Waals surface area contributed by atoms with Crippen molar-refractivity contribution < 1.29 is 9.90 Å². The third-order valence-corrected chi connectivity index (χ3v) is 5.29. The fourth-order valence-corrected chi connectivity index (χ4v) is 3.51. The van der Waals surface area contributed by atoms with Crippen LogP contribution in [0.2, 0.25) is 0 Å². The molecule has 154 valence electrons. The molecule has 0 aliphatic heterocycles. The highest BCUT2D eigenvalue weighted by molar-refractivity contribution is 5.96. The Labute approximate surface area is 166 Å². The Bertz CT molecular complexity index is 470. The van der Waals surface area contributed by atoms with E-state index in [-0.39, 0.29) is 5.78 Å². The maximum atomic E-state index is 12.1. The second-order valence-corrected chi connectivity index (χ2v) is 7.82. The number of anilines is 1. The predicted molar refractivity (Wildman–Crippen MR) is 116 cm³/mol. The highest BCUT2D eigenvalue weighted by Crippen LogP contribution is 2.15. The monoisotopic (exact) mass is 375 g/mol. The number of nitrogen functional groups attached to an aromatic ring is 1. The average Bonchev–Trinajstić information content (AvgIpc) is 2.68. The van der Waals surface area contributed by atoms with Gasteiger partial charge in [-0.15, -0.1) is 0 Å². The number of hydrogen-bond acceptors (Lipinski definition) is 3. The molecule has 1 aromatic carbocycles. The number of aliphatic hydroxyl groups excluding tert-OH is 1. The van der Waals surface area contributed by atoms with Crippen molar-refractivity contribution in [3.63, 3.8) is 0 Å². The highest BCUT2D eigenvalue weighted by atomic mass is 16.2. The zero-order chi connectivity index (χ0) is 19.6. The van der Waals surface area contributed by atoms with Crippen molar-refractivity contribution >= 4 is 11.5 Å². The summed E-state index contributed by atoms with van der Waals surface area (Å²) in [7, 11) is 0. The van der Waals surface area contributed by atoms with Gasteiger partial charge >= 0.3 is 0 Å². The van der Waals surface area contributed by atoms with Crippen LogP contribution >= 0.6 is 0 Å². The second-order valence-electron chi connectivity index (χ2n) is 7.82. The van der Waals surface area contributed by atoms with E-state index in [0.717, 1.165) is 24.8 Å². The molecule has 0 amide bonds. The predicted octanol–water partition coefficient (Wildman–Crippen LogP) is 6.69. The van der Waals surface area contributed by atoms with Gasteiger partial charge in [-0.3, -0.25) is 4.79 Å². The molecule has 0 aliphatic carbocycles. The molecule has 0 radical (unpaired) electrons. The lowest BCUT2D eigenvalue weighted by atomic mass is 10.0. The number of hydrogen-bond donors (Lipinski definition) is 2. The van der Waals surface area contributed by atoms with Crippen molar-refractivity contribution in [3.8, 4) is 0 Å². The summed E-state index contributed by atoms with van der Waals surface area (Å²) in [5.74, 6) is 0.239. The molecule has 0 saturated carbocycles. The summed E-state index contributed by atoms with van der Waals surface area (Å²) in [6.07, 6.45) is 19.7. The van der Waals surface area contributed by atoms with E-state index in [1.54, 1.807) is 12.1 Å². The van der Waals surface area contributed by atoms with Crippen LogP contribution in [0.15, 0.2) is 24.3 Å². The van der Waals surface area contributed by atoms with Crippen molar-refractivity contribution in [2.24, 2.45) is 0 Å². The van der Waals surface area contributed by atoms with Crippen molar-refractivity contribution in [1.82, 2.24) is 0 Å². The van der Waals surface area contributed by atoms with Crippen LogP contribution in [0.3, 0.4) is 0 Å². The summed E-state index contributed by atoms with van der Waals surface area (Å²) >= 11 is 0. The first-order valence-electron chi connectivity index (χ1n) is 11.2. The molecule has 0 spiro atoms. The number of rotatable bonds is 18. The summed E-state index contributed by atoms with van der Waals surface area (Å²) in [5, 5.41) is 8.73. The van der Waals surface area contributed by atoms with Crippen molar-refractivity contribution in [2.45, 2.75) is 103 Å².